The van der Waals surface area contributed by atoms with Crippen LogP contribution in [0.4, 0.5) is 5.95 Å². The van der Waals surface area contributed by atoms with Gasteiger partial charge in [-0.2, -0.15) is 4.98 Å². The normalized spacial score (nSPS) is 15.7. The lowest BCUT2D eigenvalue weighted by Crippen LogP contribution is -2.29. The van der Waals surface area contributed by atoms with Crippen LogP contribution in [-0.4, -0.2) is 47.3 Å². The Labute approximate surface area is 168 Å². The Balaban J connectivity index is 2.15. The van der Waals surface area contributed by atoms with Crippen molar-refractivity contribution in [3.05, 3.63) is 35.0 Å². The molecule has 1 unspecified atom stereocenters. The van der Waals surface area contributed by atoms with Crippen molar-refractivity contribution in [3.8, 4) is 11.5 Å². The average Bonchev–Trinajstić information content (AvgIpc) is 3.09. The summed E-state index contributed by atoms with van der Waals surface area (Å²) >= 11 is 1.54. The highest BCUT2D eigenvalue weighted by atomic mass is 32.2. The van der Waals surface area contributed by atoms with E-state index in [0.717, 1.165) is 11.3 Å². The van der Waals surface area contributed by atoms with Crippen LogP contribution >= 0.6 is 11.8 Å². The quantitative estimate of drug-likeness (QED) is 0.556. The Bertz CT molecular complexity index is 909. The molecule has 0 amide bonds. The van der Waals surface area contributed by atoms with Crippen molar-refractivity contribution >= 4 is 23.7 Å². The van der Waals surface area contributed by atoms with Gasteiger partial charge >= 0.3 is 5.97 Å². The number of hydrogen-bond donors (Lipinski definition) is 1. The van der Waals surface area contributed by atoms with Crippen molar-refractivity contribution in [3.63, 3.8) is 0 Å². The molecule has 8 nitrogen and oxygen atoms in total. The molecule has 3 rings (SSSR count). The third kappa shape index (κ3) is 3.66. The lowest BCUT2D eigenvalue weighted by atomic mass is 9.95. The second kappa shape index (κ2) is 8.55. The number of fused-ring (bicyclic) bond motifs is 1. The molecular weight excluding hydrogens is 380 g/mol. The van der Waals surface area contributed by atoms with Gasteiger partial charge in [0.05, 0.1) is 26.4 Å². The first-order chi connectivity index (χ1) is 13.5. The van der Waals surface area contributed by atoms with Crippen molar-refractivity contribution in [2.45, 2.75) is 32.0 Å². The number of ether oxygens (including phenoxy) is 3. The lowest BCUT2D eigenvalue weighted by molar-refractivity contribution is -0.136. The second-order valence-electron chi connectivity index (χ2n) is 6.00. The van der Waals surface area contributed by atoms with Crippen LogP contribution in [0.2, 0.25) is 0 Å². The molecule has 9 heteroatoms. The van der Waals surface area contributed by atoms with E-state index in [1.807, 2.05) is 39.0 Å². The molecule has 1 N–H and O–H groups in total. The second-order valence-corrected chi connectivity index (χ2v) is 7.23. The summed E-state index contributed by atoms with van der Waals surface area (Å²) in [5, 5.41) is 8.41. The summed E-state index contributed by atoms with van der Waals surface area (Å²) in [4.78, 5) is 17.1. The number of thioether (sulfide) groups is 1. The number of nitrogens with one attached hydrogen (secondary N) is 1. The topological polar surface area (TPSA) is 87.5 Å². The number of esters is 1. The van der Waals surface area contributed by atoms with Crippen LogP contribution < -0.4 is 14.8 Å². The van der Waals surface area contributed by atoms with E-state index in [0.29, 0.717) is 40.5 Å². The molecule has 1 aromatic carbocycles. The van der Waals surface area contributed by atoms with Crippen LogP contribution in [0.15, 0.2) is 34.6 Å². The van der Waals surface area contributed by atoms with E-state index in [-0.39, 0.29) is 0 Å². The predicted octanol–water partition coefficient (Wildman–Crippen LogP) is 3.26. The highest BCUT2D eigenvalue weighted by Crippen LogP contribution is 2.39. The molecule has 1 aliphatic rings. The SMILES string of the molecule is CCOc1ccc(C2C(C(=O)OC)=C(C)Nc3nc(SCC)nn32)cc1OC. The molecule has 2 heterocycles. The molecule has 1 atom stereocenters. The highest BCUT2D eigenvalue weighted by Gasteiger charge is 2.35. The molecule has 1 aliphatic heterocycles. The smallest absolute Gasteiger partial charge is 0.338 e. The molecule has 28 heavy (non-hydrogen) atoms. The van der Waals surface area contributed by atoms with Crippen LogP contribution in [0.25, 0.3) is 0 Å². The average molecular weight is 404 g/mol. The largest absolute Gasteiger partial charge is 0.493 e. The minimum Gasteiger partial charge on any atom is -0.493 e. The van der Waals surface area contributed by atoms with Crippen molar-refractivity contribution in [1.82, 2.24) is 14.8 Å². The number of carbonyl (C=O) groups excluding carboxylic acids is 1. The van der Waals surface area contributed by atoms with Crippen LogP contribution in [0.5, 0.6) is 11.5 Å². The Morgan fingerprint density at radius 3 is 2.71 bits per heavy atom. The zero-order chi connectivity index (χ0) is 20.3. The number of aromatic nitrogens is 3. The zero-order valence-electron chi connectivity index (χ0n) is 16.6. The first-order valence-corrected chi connectivity index (χ1v) is 9.98. The number of rotatable bonds is 7. The van der Waals surface area contributed by atoms with Gasteiger partial charge in [0, 0.05) is 5.70 Å². The van der Waals surface area contributed by atoms with Crippen molar-refractivity contribution in [2.24, 2.45) is 0 Å². The van der Waals surface area contributed by atoms with Gasteiger partial charge in [-0.15, -0.1) is 5.10 Å². The number of anilines is 1. The van der Waals surface area contributed by atoms with Gasteiger partial charge in [-0.25, -0.2) is 9.48 Å². The molecule has 0 aliphatic carbocycles. The monoisotopic (exact) mass is 404 g/mol. The number of allylic oxidation sites excluding steroid dienone is 1. The molecule has 2 aromatic rings. The van der Waals surface area contributed by atoms with Crippen LogP contribution in [-0.2, 0) is 9.53 Å². The van der Waals surface area contributed by atoms with Gasteiger partial charge in [-0.3, -0.25) is 0 Å². The van der Waals surface area contributed by atoms with Crippen molar-refractivity contribution in [2.75, 3.05) is 31.9 Å². The predicted molar refractivity (Wildman–Crippen MR) is 107 cm³/mol. The molecule has 0 saturated heterocycles. The lowest BCUT2D eigenvalue weighted by Gasteiger charge is -2.28. The summed E-state index contributed by atoms with van der Waals surface area (Å²) < 4.78 is 17.9. The fourth-order valence-electron chi connectivity index (χ4n) is 3.13. The van der Waals surface area contributed by atoms with Crippen molar-refractivity contribution < 1.29 is 19.0 Å². The molecule has 0 fully saturated rings. The fraction of sp³-hybridized carbons (Fsp3) is 0.421. The van der Waals surface area contributed by atoms with E-state index >= 15 is 0 Å². The molecular formula is C19H24N4O4S. The van der Waals surface area contributed by atoms with E-state index in [1.54, 1.807) is 11.8 Å². The first-order valence-electron chi connectivity index (χ1n) is 9.00. The maximum absolute atomic E-state index is 12.6. The number of methoxy groups -OCH3 is 2. The van der Waals surface area contributed by atoms with Gasteiger partial charge in [0.15, 0.2) is 11.5 Å². The number of nitrogens with zero attached hydrogens (tertiary/aromatic N) is 3. The van der Waals surface area contributed by atoms with Gasteiger partial charge in [-0.1, -0.05) is 24.8 Å². The Morgan fingerprint density at radius 1 is 1.29 bits per heavy atom. The minimum atomic E-state index is -0.494. The number of hydrogen-bond acceptors (Lipinski definition) is 8. The van der Waals surface area contributed by atoms with E-state index in [1.165, 1.54) is 18.9 Å². The van der Waals surface area contributed by atoms with E-state index in [4.69, 9.17) is 14.2 Å². The third-order valence-electron chi connectivity index (χ3n) is 4.32. The van der Waals surface area contributed by atoms with Gasteiger partial charge in [0.25, 0.3) is 0 Å². The van der Waals surface area contributed by atoms with E-state index in [2.05, 4.69) is 15.4 Å². The summed E-state index contributed by atoms with van der Waals surface area (Å²) in [6, 6.07) is 5.10. The van der Waals surface area contributed by atoms with Gasteiger partial charge in [0.2, 0.25) is 11.1 Å². The molecule has 0 radical (unpaired) electrons. The summed E-state index contributed by atoms with van der Waals surface area (Å²) in [5.41, 5.74) is 1.97. The minimum absolute atomic E-state index is 0.423. The summed E-state index contributed by atoms with van der Waals surface area (Å²) in [7, 11) is 2.96. The number of carbonyl (C=O) groups is 1. The summed E-state index contributed by atoms with van der Waals surface area (Å²) in [6.45, 7) is 6.31. The van der Waals surface area contributed by atoms with Crippen LogP contribution in [0, 0.1) is 0 Å². The zero-order valence-corrected chi connectivity index (χ0v) is 17.4. The van der Waals surface area contributed by atoms with Gasteiger partial charge < -0.3 is 19.5 Å². The van der Waals surface area contributed by atoms with Crippen LogP contribution in [0.3, 0.4) is 0 Å². The summed E-state index contributed by atoms with van der Waals surface area (Å²) in [5.74, 6) is 2.24. The number of benzene rings is 1. The maximum atomic E-state index is 12.6. The van der Waals surface area contributed by atoms with Crippen molar-refractivity contribution in [1.29, 1.82) is 0 Å². The maximum Gasteiger partial charge on any atom is 0.338 e. The standard InChI is InChI=1S/C19H24N4O4S/c1-6-27-13-9-8-12(10-14(13)25-4)16-15(17(24)26-5)11(3)20-18-21-19(28-7-2)22-23(16)18/h8-10,16H,6-7H2,1-5H3,(H,20,21,22). The fourth-order valence-corrected chi connectivity index (χ4v) is 3.69. The molecule has 1 aromatic heterocycles. The third-order valence-corrected chi connectivity index (χ3v) is 5.03. The van der Waals surface area contributed by atoms with Crippen LogP contribution in [0.1, 0.15) is 32.4 Å². The first kappa shape index (κ1) is 20.1. The highest BCUT2D eigenvalue weighted by molar-refractivity contribution is 7.99. The van der Waals surface area contributed by atoms with Gasteiger partial charge in [0.1, 0.15) is 6.04 Å². The van der Waals surface area contributed by atoms with E-state index in [9.17, 15) is 4.79 Å². The van der Waals surface area contributed by atoms with E-state index < -0.39 is 12.0 Å². The Kier molecular flexibility index (Phi) is 6.13. The molecule has 0 spiro atoms. The molecule has 150 valence electrons. The van der Waals surface area contributed by atoms with Gasteiger partial charge in [-0.05, 0) is 37.3 Å². The summed E-state index contributed by atoms with van der Waals surface area (Å²) in [6.07, 6.45) is 0. The Morgan fingerprint density at radius 2 is 2.07 bits per heavy atom. The molecule has 0 saturated carbocycles. The Hall–Kier alpha value is -2.68. The molecule has 0 bridgehead atoms.